The Bertz CT molecular complexity index is 239. The van der Waals surface area contributed by atoms with Crippen molar-refractivity contribution in [3.05, 3.63) is 30.0 Å². The lowest BCUT2D eigenvalue weighted by Gasteiger charge is -1.81. The SMILES string of the molecule is C=Cc1nc(Cl)oc1C=C. The molecule has 0 amide bonds. The predicted molar refractivity (Wildman–Crippen MR) is 41.7 cm³/mol. The smallest absolute Gasteiger partial charge is 0.293 e. The molecule has 0 radical (unpaired) electrons. The van der Waals surface area contributed by atoms with Crippen LogP contribution in [-0.2, 0) is 0 Å². The third-order valence-electron chi connectivity index (χ3n) is 1.03. The molecule has 0 aliphatic rings. The number of hydrogen-bond acceptors (Lipinski definition) is 2. The summed E-state index contributed by atoms with van der Waals surface area (Å²) < 4.78 is 4.92. The zero-order valence-electron chi connectivity index (χ0n) is 5.30. The molecule has 0 aliphatic heterocycles. The van der Waals surface area contributed by atoms with E-state index in [0.29, 0.717) is 11.5 Å². The van der Waals surface area contributed by atoms with Crippen molar-refractivity contribution in [3.8, 4) is 0 Å². The van der Waals surface area contributed by atoms with Crippen LogP contribution < -0.4 is 0 Å². The van der Waals surface area contributed by atoms with Crippen LogP contribution in [0.3, 0.4) is 0 Å². The van der Waals surface area contributed by atoms with Crippen LogP contribution in [0.25, 0.3) is 12.2 Å². The van der Waals surface area contributed by atoms with E-state index in [4.69, 9.17) is 16.0 Å². The van der Waals surface area contributed by atoms with Crippen molar-refractivity contribution in [3.63, 3.8) is 0 Å². The molecule has 2 nitrogen and oxygen atoms in total. The third kappa shape index (κ3) is 1.11. The van der Waals surface area contributed by atoms with Crippen LogP contribution in [0.5, 0.6) is 0 Å². The molecule has 0 aromatic carbocycles. The Labute approximate surface area is 63.8 Å². The number of oxazole rings is 1. The van der Waals surface area contributed by atoms with E-state index in [9.17, 15) is 0 Å². The molecular formula is C7H6ClNO. The van der Waals surface area contributed by atoms with Crippen LogP contribution in [0, 0.1) is 0 Å². The first kappa shape index (κ1) is 7.09. The highest BCUT2D eigenvalue weighted by Gasteiger charge is 2.03. The number of halogens is 1. The maximum Gasteiger partial charge on any atom is 0.293 e. The summed E-state index contributed by atoms with van der Waals surface area (Å²) in [6.45, 7) is 7.04. The third-order valence-corrected chi connectivity index (χ3v) is 1.20. The van der Waals surface area contributed by atoms with E-state index >= 15 is 0 Å². The molecule has 0 spiro atoms. The van der Waals surface area contributed by atoms with Crippen LogP contribution >= 0.6 is 11.6 Å². The van der Waals surface area contributed by atoms with Crippen LogP contribution in [0.2, 0.25) is 5.35 Å². The Balaban J connectivity index is 3.20. The molecule has 1 heterocycles. The summed E-state index contributed by atoms with van der Waals surface area (Å²) in [7, 11) is 0. The monoisotopic (exact) mass is 155 g/mol. The summed E-state index contributed by atoms with van der Waals surface area (Å²) in [6, 6.07) is 0. The van der Waals surface area contributed by atoms with Gasteiger partial charge in [0.2, 0.25) is 0 Å². The lowest BCUT2D eigenvalue weighted by molar-refractivity contribution is 0.550. The van der Waals surface area contributed by atoms with E-state index in [0.717, 1.165) is 0 Å². The first-order valence-corrected chi connectivity index (χ1v) is 3.07. The first-order chi connectivity index (χ1) is 4.77. The van der Waals surface area contributed by atoms with E-state index in [2.05, 4.69) is 18.1 Å². The average molecular weight is 156 g/mol. The largest absolute Gasteiger partial charge is 0.428 e. The van der Waals surface area contributed by atoms with Crippen molar-refractivity contribution in [1.29, 1.82) is 0 Å². The van der Waals surface area contributed by atoms with Gasteiger partial charge in [-0.05, 0) is 23.8 Å². The van der Waals surface area contributed by atoms with E-state index < -0.39 is 0 Å². The molecule has 3 heteroatoms. The first-order valence-electron chi connectivity index (χ1n) is 2.69. The molecule has 0 saturated carbocycles. The Kier molecular flexibility index (Phi) is 1.92. The van der Waals surface area contributed by atoms with Gasteiger partial charge in [-0.25, -0.2) is 0 Å². The molecule has 0 unspecified atom stereocenters. The molecule has 1 rings (SSSR count). The molecule has 0 atom stereocenters. The van der Waals surface area contributed by atoms with Gasteiger partial charge >= 0.3 is 0 Å². The molecule has 1 aromatic heterocycles. The highest BCUT2D eigenvalue weighted by Crippen LogP contribution is 2.16. The minimum Gasteiger partial charge on any atom is -0.428 e. The topological polar surface area (TPSA) is 26.0 Å². The average Bonchev–Trinajstić information content (AvgIpc) is 2.30. The summed E-state index contributed by atoms with van der Waals surface area (Å²) in [5.74, 6) is 0.556. The van der Waals surface area contributed by atoms with Crippen molar-refractivity contribution < 1.29 is 4.42 Å². The minimum atomic E-state index is 0.116. The molecule has 0 bridgehead atoms. The van der Waals surface area contributed by atoms with Crippen LogP contribution in [-0.4, -0.2) is 4.98 Å². The summed E-state index contributed by atoms with van der Waals surface area (Å²) in [4.78, 5) is 3.81. The molecular weight excluding hydrogens is 150 g/mol. The van der Waals surface area contributed by atoms with Gasteiger partial charge in [0.05, 0.1) is 0 Å². The van der Waals surface area contributed by atoms with Gasteiger partial charge in [0.15, 0.2) is 5.76 Å². The van der Waals surface area contributed by atoms with Crippen LogP contribution in [0.15, 0.2) is 17.6 Å². The van der Waals surface area contributed by atoms with Crippen molar-refractivity contribution in [2.75, 3.05) is 0 Å². The Morgan fingerprint density at radius 3 is 2.50 bits per heavy atom. The Morgan fingerprint density at radius 1 is 1.40 bits per heavy atom. The number of hydrogen-bond donors (Lipinski definition) is 0. The fourth-order valence-electron chi connectivity index (χ4n) is 0.608. The van der Waals surface area contributed by atoms with E-state index in [-0.39, 0.29) is 5.35 Å². The quantitative estimate of drug-likeness (QED) is 0.656. The molecule has 1 aromatic rings. The molecule has 0 aliphatic carbocycles. The molecule has 0 N–H and O–H groups in total. The summed E-state index contributed by atoms with van der Waals surface area (Å²) in [5.41, 5.74) is 0.625. The van der Waals surface area contributed by atoms with Gasteiger partial charge in [-0.1, -0.05) is 13.2 Å². The van der Waals surface area contributed by atoms with Crippen molar-refractivity contribution >= 4 is 23.8 Å². The predicted octanol–water partition coefficient (Wildman–Crippen LogP) is 2.61. The zero-order chi connectivity index (χ0) is 7.56. The second kappa shape index (κ2) is 2.71. The van der Waals surface area contributed by atoms with Crippen LogP contribution in [0.4, 0.5) is 0 Å². The van der Waals surface area contributed by atoms with Gasteiger partial charge in [-0.2, -0.15) is 4.98 Å². The maximum atomic E-state index is 5.45. The minimum absolute atomic E-state index is 0.116. The number of rotatable bonds is 2. The van der Waals surface area contributed by atoms with E-state index in [1.807, 2.05) is 0 Å². The van der Waals surface area contributed by atoms with Crippen molar-refractivity contribution in [1.82, 2.24) is 4.98 Å². The number of aromatic nitrogens is 1. The standard InChI is InChI=1S/C7H6ClNO/c1-3-5-6(4-2)10-7(8)9-5/h3-4H,1-2H2. The zero-order valence-corrected chi connectivity index (χ0v) is 6.06. The lowest BCUT2D eigenvalue weighted by Crippen LogP contribution is -1.71. The highest BCUT2D eigenvalue weighted by atomic mass is 35.5. The second-order valence-corrected chi connectivity index (χ2v) is 1.95. The van der Waals surface area contributed by atoms with Gasteiger partial charge in [0.25, 0.3) is 5.35 Å². The molecule has 0 fully saturated rings. The van der Waals surface area contributed by atoms with Gasteiger partial charge in [0, 0.05) is 0 Å². The van der Waals surface area contributed by atoms with Crippen LogP contribution in [0.1, 0.15) is 11.5 Å². The second-order valence-electron chi connectivity index (χ2n) is 1.62. The Morgan fingerprint density at radius 2 is 2.10 bits per heavy atom. The molecule has 52 valence electrons. The fraction of sp³-hybridized carbons (Fsp3) is 0. The van der Waals surface area contributed by atoms with Crippen molar-refractivity contribution in [2.24, 2.45) is 0 Å². The van der Waals surface area contributed by atoms with E-state index in [1.54, 1.807) is 6.08 Å². The van der Waals surface area contributed by atoms with Gasteiger partial charge in [0.1, 0.15) is 5.69 Å². The highest BCUT2D eigenvalue weighted by molar-refractivity contribution is 6.27. The number of nitrogens with zero attached hydrogens (tertiary/aromatic N) is 1. The van der Waals surface area contributed by atoms with Gasteiger partial charge < -0.3 is 4.42 Å². The Hall–Kier alpha value is -1.02. The van der Waals surface area contributed by atoms with Gasteiger partial charge in [-0.3, -0.25) is 0 Å². The maximum absolute atomic E-state index is 5.45. The normalized spacial score (nSPS) is 9.30. The summed E-state index contributed by atoms with van der Waals surface area (Å²) in [5, 5.41) is 0.116. The molecule has 10 heavy (non-hydrogen) atoms. The lowest BCUT2D eigenvalue weighted by atomic mass is 10.3. The van der Waals surface area contributed by atoms with Gasteiger partial charge in [-0.15, -0.1) is 0 Å². The fourth-order valence-corrected chi connectivity index (χ4v) is 0.782. The van der Waals surface area contributed by atoms with E-state index in [1.165, 1.54) is 6.08 Å². The summed E-state index contributed by atoms with van der Waals surface area (Å²) in [6.07, 6.45) is 3.10. The van der Waals surface area contributed by atoms with Crippen molar-refractivity contribution in [2.45, 2.75) is 0 Å². The molecule has 0 saturated heterocycles. The summed E-state index contributed by atoms with van der Waals surface area (Å²) >= 11 is 5.45.